The Morgan fingerprint density at radius 3 is 2.60 bits per heavy atom. The van der Waals surface area contributed by atoms with Crippen molar-refractivity contribution in [1.29, 1.82) is 0 Å². The van der Waals surface area contributed by atoms with E-state index in [0.29, 0.717) is 5.56 Å². The molecular weight excluding hydrogens is 290 g/mol. The summed E-state index contributed by atoms with van der Waals surface area (Å²) < 4.78 is 26.5. The molecule has 1 N–H and O–H groups in total. The molecule has 0 saturated carbocycles. The van der Waals surface area contributed by atoms with Crippen molar-refractivity contribution in [1.82, 2.24) is 0 Å². The Bertz CT molecular complexity index is 665. The van der Waals surface area contributed by atoms with Crippen molar-refractivity contribution in [2.75, 3.05) is 5.32 Å². The van der Waals surface area contributed by atoms with Gasteiger partial charge in [0.05, 0.1) is 11.0 Å². The second kappa shape index (κ2) is 5.83. The summed E-state index contributed by atoms with van der Waals surface area (Å²) in [5.74, 6) is -1.23. The summed E-state index contributed by atoms with van der Waals surface area (Å²) in [6, 6.07) is 7.27. The van der Waals surface area contributed by atoms with Gasteiger partial charge in [-0.1, -0.05) is 17.7 Å². The molecule has 0 spiro atoms. The van der Waals surface area contributed by atoms with Gasteiger partial charge in [-0.2, -0.15) is 0 Å². The van der Waals surface area contributed by atoms with Crippen LogP contribution in [0.4, 0.5) is 20.2 Å². The Balaban J connectivity index is 2.20. The van der Waals surface area contributed by atoms with Gasteiger partial charge in [0.1, 0.15) is 17.3 Å². The molecule has 2 aromatic rings. The van der Waals surface area contributed by atoms with Gasteiger partial charge in [-0.3, -0.25) is 10.1 Å². The van der Waals surface area contributed by atoms with Gasteiger partial charge < -0.3 is 5.32 Å². The summed E-state index contributed by atoms with van der Waals surface area (Å²) in [4.78, 5) is 10.1. The van der Waals surface area contributed by atoms with Crippen molar-refractivity contribution in [3.05, 3.63) is 68.7 Å². The molecule has 104 valence electrons. The lowest BCUT2D eigenvalue weighted by Crippen LogP contribution is -2.04. The molecule has 0 aliphatic rings. The highest BCUT2D eigenvalue weighted by Gasteiger charge is 2.15. The van der Waals surface area contributed by atoms with E-state index in [-0.39, 0.29) is 17.3 Å². The van der Waals surface area contributed by atoms with Crippen LogP contribution in [-0.4, -0.2) is 4.92 Å². The fourth-order valence-electron chi connectivity index (χ4n) is 1.66. The van der Waals surface area contributed by atoms with Gasteiger partial charge >= 0.3 is 0 Å². The number of nitrogens with one attached hydrogen (secondary N) is 1. The Kier molecular flexibility index (Phi) is 4.14. The van der Waals surface area contributed by atoms with Gasteiger partial charge in [-0.15, -0.1) is 0 Å². The van der Waals surface area contributed by atoms with Crippen LogP contribution in [0.15, 0.2) is 36.4 Å². The smallest absolute Gasteiger partial charge is 0.295 e. The van der Waals surface area contributed by atoms with Crippen molar-refractivity contribution in [2.24, 2.45) is 0 Å². The van der Waals surface area contributed by atoms with Gasteiger partial charge in [-0.05, 0) is 24.3 Å². The summed E-state index contributed by atoms with van der Waals surface area (Å²) in [5.41, 5.74) is 0.0122. The topological polar surface area (TPSA) is 55.2 Å². The standard InChI is InChI=1S/C13H9ClF2N2O2/c14-9-2-1-8(11(16)5-9)7-17-12-4-3-10(15)6-13(12)18(19)20/h1-6,17H,7H2. The first-order chi connectivity index (χ1) is 9.47. The third-order valence-electron chi connectivity index (χ3n) is 2.64. The quantitative estimate of drug-likeness (QED) is 0.682. The number of rotatable bonds is 4. The average molecular weight is 299 g/mol. The Labute approximate surface area is 118 Å². The molecule has 0 aliphatic carbocycles. The lowest BCUT2D eigenvalue weighted by Gasteiger charge is -2.08. The second-order valence-corrected chi connectivity index (χ2v) is 4.44. The van der Waals surface area contributed by atoms with E-state index < -0.39 is 22.2 Å². The third kappa shape index (κ3) is 3.21. The predicted molar refractivity (Wildman–Crippen MR) is 71.8 cm³/mol. The van der Waals surface area contributed by atoms with Crippen molar-refractivity contribution < 1.29 is 13.7 Å². The van der Waals surface area contributed by atoms with Crippen LogP contribution in [0.2, 0.25) is 5.02 Å². The van der Waals surface area contributed by atoms with E-state index >= 15 is 0 Å². The van der Waals surface area contributed by atoms with Gasteiger partial charge in [0, 0.05) is 17.1 Å². The van der Waals surface area contributed by atoms with Crippen molar-refractivity contribution in [3.8, 4) is 0 Å². The molecule has 4 nitrogen and oxygen atoms in total. The molecule has 0 radical (unpaired) electrons. The first-order valence-corrected chi connectivity index (χ1v) is 5.97. The number of nitrogens with zero attached hydrogens (tertiary/aromatic N) is 1. The SMILES string of the molecule is O=[N+]([O-])c1cc(F)ccc1NCc1ccc(Cl)cc1F. The number of nitro groups is 1. The second-order valence-electron chi connectivity index (χ2n) is 4.01. The number of hydrogen-bond acceptors (Lipinski definition) is 3. The van der Waals surface area contributed by atoms with Gasteiger partial charge in [0.15, 0.2) is 0 Å². The molecule has 7 heteroatoms. The van der Waals surface area contributed by atoms with E-state index in [1.54, 1.807) is 0 Å². The van der Waals surface area contributed by atoms with Crippen LogP contribution in [0, 0.1) is 21.7 Å². The molecule has 0 fully saturated rings. The van der Waals surface area contributed by atoms with Gasteiger partial charge in [0.2, 0.25) is 0 Å². The van der Waals surface area contributed by atoms with Crippen molar-refractivity contribution in [3.63, 3.8) is 0 Å². The molecule has 0 heterocycles. The van der Waals surface area contributed by atoms with Crippen molar-refractivity contribution >= 4 is 23.0 Å². The summed E-state index contributed by atoms with van der Waals surface area (Å²) in [6.07, 6.45) is 0. The van der Waals surface area contributed by atoms with Crippen LogP contribution in [0.25, 0.3) is 0 Å². The molecule has 0 bridgehead atoms. The highest BCUT2D eigenvalue weighted by atomic mass is 35.5. The minimum absolute atomic E-state index is 0.0233. The Morgan fingerprint density at radius 1 is 1.20 bits per heavy atom. The zero-order valence-electron chi connectivity index (χ0n) is 10.1. The summed E-state index contributed by atoms with van der Waals surface area (Å²) >= 11 is 5.63. The monoisotopic (exact) mass is 298 g/mol. The largest absolute Gasteiger partial charge is 0.375 e. The van der Waals surface area contributed by atoms with E-state index in [1.165, 1.54) is 18.2 Å². The number of hydrogen-bond donors (Lipinski definition) is 1. The number of benzene rings is 2. The van der Waals surface area contributed by atoms with E-state index in [1.807, 2.05) is 0 Å². The molecule has 0 aliphatic heterocycles. The number of anilines is 1. The maximum Gasteiger partial charge on any atom is 0.295 e. The van der Waals surface area contributed by atoms with Crippen LogP contribution >= 0.6 is 11.6 Å². The minimum Gasteiger partial charge on any atom is -0.375 e. The molecule has 20 heavy (non-hydrogen) atoms. The van der Waals surface area contributed by atoms with E-state index in [2.05, 4.69) is 5.32 Å². The minimum atomic E-state index is -0.708. The van der Waals surface area contributed by atoms with Gasteiger partial charge in [-0.25, -0.2) is 8.78 Å². The molecule has 2 rings (SSSR count). The normalized spacial score (nSPS) is 10.3. The van der Waals surface area contributed by atoms with Crippen LogP contribution in [-0.2, 0) is 6.54 Å². The number of halogens is 3. The third-order valence-corrected chi connectivity index (χ3v) is 2.88. The highest BCUT2D eigenvalue weighted by Crippen LogP contribution is 2.26. The van der Waals surface area contributed by atoms with E-state index in [0.717, 1.165) is 18.2 Å². The van der Waals surface area contributed by atoms with E-state index in [9.17, 15) is 18.9 Å². The molecular formula is C13H9ClF2N2O2. The maximum atomic E-state index is 13.6. The average Bonchev–Trinajstić information content (AvgIpc) is 2.38. The molecule has 0 aromatic heterocycles. The zero-order valence-corrected chi connectivity index (χ0v) is 10.8. The van der Waals surface area contributed by atoms with Crippen LogP contribution in [0.5, 0.6) is 0 Å². The molecule has 2 aromatic carbocycles. The van der Waals surface area contributed by atoms with Crippen molar-refractivity contribution in [2.45, 2.75) is 6.54 Å². The van der Waals surface area contributed by atoms with Crippen LogP contribution < -0.4 is 5.32 Å². The molecule has 0 unspecified atom stereocenters. The fourth-order valence-corrected chi connectivity index (χ4v) is 1.82. The molecule has 0 saturated heterocycles. The zero-order chi connectivity index (χ0) is 14.7. The lowest BCUT2D eigenvalue weighted by atomic mass is 10.2. The summed E-state index contributed by atoms with van der Waals surface area (Å²) in [7, 11) is 0. The summed E-state index contributed by atoms with van der Waals surface area (Å²) in [6.45, 7) is 0.0233. The van der Waals surface area contributed by atoms with Gasteiger partial charge in [0.25, 0.3) is 5.69 Å². The Hall–Kier alpha value is -2.21. The molecule has 0 amide bonds. The highest BCUT2D eigenvalue weighted by molar-refractivity contribution is 6.30. The first kappa shape index (κ1) is 14.2. The summed E-state index contributed by atoms with van der Waals surface area (Å²) in [5, 5.41) is 13.8. The lowest BCUT2D eigenvalue weighted by molar-refractivity contribution is -0.384. The maximum absolute atomic E-state index is 13.6. The fraction of sp³-hybridized carbons (Fsp3) is 0.0769. The molecule has 0 atom stereocenters. The Morgan fingerprint density at radius 2 is 1.95 bits per heavy atom. The predicted octanol–water partition coefficient (Wildman–Crippen LogP) is 4.14. The van der Waals surface area contributed by atoms with Crippen LogP contribution in [0.3, 0.4) is 0 Å². The van der Waals surface area contributed by atoms with E-state index in [4.69, 9.17) is 11.6 Å². The first-order valence-electron chi connectivity index (χ1n) is 5.59. The number of nitro benzene ring substituents is 1. The van der Waals surface area contributed by atoms with Crippen LogP contribution in [0.1, 0.15) is 5.56 Å².